The van der Waals surface area contributed by atoms with Gasteiger partial charge in [0.15, 0.2) is 5.65 Å². The van der Waals surface area contributed by atoms with Gasteiger partial charge in [-0.05, 0) is 12.1 Å². The van der Waals surface area contributed by atoms with Crippen molar-refractivity contribution in [1.82, 2.24) is 15.0 Å². The highest BCUT2D eigenvalue weighted by Gasteiger charge is 2.28. The molecule has 0 fully saturated rings. The summed E-state index contributed by atoms with van der Waals surface area (Å²) in [6.07, 6.45) is 0. The normalized spacial score (nSPS) is 17.2. The van der Waals surface area contributed by atoms with Crippen molar-refractivity contribution in [2.45, 2.75) is 5.92 Å². The Morgan fingerprint density at radius 3 is 2.95 bits per heavy atom. The average Bonchev–Trinajstić information content (AvgIpc) is 3.02. The number of H-pyrrole nitrogens is 1. The van der Waals surface area contributed by atoms with Gasteiger partial charge in [-0.1, -0.05) is 41.4 Å². The number of para-hydroxylation sites is 1. The molecule has 4 nitrogen and oxygen atoms in total. The van der Waals surface area contributed by atoms with Gasteiger partial charge in [-0.2, -0.15) is 0 Å². The number of imidazole rings is 1. The van der Waals surface area contributed by atoms with E-state index in [0.717, 1.165) is 22.7 Å². The molecule has 3 heterocycles. The third kappa shape index (κ3) is 1.76. The molecule has 1 N–H and O–H groups in total. The fraction of sp³-hybridized carbons (Fsp3) is 0.143. The molecule has 1 aliphatic heterocycles. The number of aromatic nitrogens is 3. The van der Waals surface area contributed by atoms with Crippen molar-refractivity contribution in [1.29, 1.82) is 0 Å². The summed E-state index contributed by atoms with van der Waals surface area (Å²) >= 11 is 11.9. The second kappa shape index (κ2) is 4.36. The monoisotopic (exact) mass is 305 g/mol. The molecule has 0 amide bonds. The van der Waals surface area contributed by atoms with Gasteiger partial charge in [0.05, 0.1) is 16.5 Å². The summed E-state index contributed by atoms with van der Waals surface area (Å²) in [7, 11) is 0. The predicted octanol–water partition coefficient (Wildman–Crippen LogP) is 3.79. The van der Waals surface area contributed by atoms with Crippen molar-refractivity contribution in [3.63, 3.8) is 0 Å². The zero-order chi connectivity index (χ0) is 13.7. The molecule has 0 saturated carbocycles. The summed E-state index contributed by atoms with van der Waals surface area (Å²) in [4.78, 5) is 11.9. The fourth-order valence-electron chi connectivity index (χ4n) is 2.47. The summed E-state index contributed by atoms with van der Waals surface area (Å²) in [5, 5.41) is 0.678. The van der Waals surface area contributed by atoms with Crippen molar-refractivity contribution in [3.05, 3.63) is 51.9 Å². The maximum atomic E-state index is 5.97. The Morgan fingerprint density at radius 2 is 2.05 bits per heavy atom. The SMILES string of the molecule is Clc1cc2[nH]c(C3COc4ccccc43)nc2nc1Cl. The number of fused-ring (bicyclic) bond motifs is 2. The average molecular weight is 306 g/mol. The van der Waals surface area contributed by atoms with Crippen molar-refractivity contribution in [3.8, 4) is 5.75 Å². The van der Waals surface area contributed by atoms with Gasteiger partial charge in [-0.25, -0.2) is 9.97 Å². The molecule has 0 spiro atoms. The Kier molecular flexibility index (Phi) is 2.62. The lowest BCUT2D eigenvalue weighted by Gasteiger charge is -2.03. The number of aromatic amines is 1. The second-order valence-corrected chi connectivity index (χ2v) is 5.42. The number of benzene rings is 1. The summed E-state index contributed by atoms with van der Waals surface area (Å²) in [6.45, 7) is 0.570. The first-order valence-electron chi connectivity index (χ1n) is 6.16. The molecule has 0 aliphatic carbocycles. The molecule has 1 unspecified atom stereocenters. The van der Waals surface area contributed by atoms with Crippen LogP contribution in [0.1, 0.15) is 17.3 Å². The van der Waals surface area contributed by atoms with E-state index < -0.39 is 0 Å². The minimum atomic E-state index is 0.0814. The smallest absolute Gasteiger partial charge is 0.179 e. The maximum Gasteiger partial charge on any atom is 0.179 e. The van der Waals surface area contributed by atoms with Gasteiger partial charge in [-0.3, -0.25) is 0 Å². The first kappa shape index (κ1) is 12.0. The Bertz CT molecular complexity index is 776. The molecule has 20 heavy (non-hydrogen) atoms. The molecule has 1 aliphatic rings. The molecule has 0 radical (unpaired) electrons. The molecular formula is C14H9Cl2N3O. The predicted molar refractivity (Wildman–Crippen MR) is 77.7 cm³/mol. The molecule has 6 heteroatoms. The minimum absolute atomic E-state index is 0.0814. The highest BCUT2D eigenvalue weighted by molar-refractivity contribution is 6.41. The Labute approximate surface area is 124 Å². The third-order valence-electron chi connectivity index (χ3n) is 3.43. The van der Waals surface area contributed by atoms with Crippen molar-refractivity contribution in [2.24, 2.45) is 0 Å². The van der Waals surface area contributed by atoms with Crippen LogP contribution in [0.4, 0.5) is 0 Å². The van der Waals surface area contributed by atoms with Crippen molar-refractivity contribution in [2.75, 3.05) is 6.61 Å². The van der Waals surface area contributed by atoms with Crippen molar-refractivity contribution >= 4 is 34.4 Å². The van der Waals surface area contributed by atoms with Crippen LogP contribution in [0.15, 0.2) is 30.3 Å². The van der Waals surface area contributed by atoms with Gasteiger partial charge >= 0.3 is 0 Å². The summed E-state index contributed by atoms with van der Waals surface area (Å²) in [5.74, 6) is 1.80. The number of halogens is 2. The Hall–Kier alpha value is -1.78. The molecule has 0 bridgehead atoms. The summed E-state index contributed by atoms with van der Waals surface area (Å²) in [6, 6.07) is 9.71. The number of nitrogens with zero attached hydrogens (tertiary/aromatic N) is 2. The van der Waals surface area contributed by atoms with Crippen LogP contribution in [0.25, 0.3) is 11.2 Å². The molecule has 4 rings (SSSR count). The zero-order valence-electron chi connectivity index (χ0n) is 10.2. The second-order valence-electron chi connectivity index (χ2n) is 4.66. The maximum absolute atomic E-state index is 5.97. The lowest BCUT2D eigenvalue weighted by atomic mass is 10.0. The van der Waals surface area contributed by atoms with Gasteiger partial charge < -0.3 is 9.72 Å². The molecule has 3 aromatic rings. The quantitative estimate of drug-likeness (QED) is 0.696. The molecule has 100 valence electrons. The van der Waals surface area contributed by atoms with Crippen LogP contribution in [-0.2, 0) is 0 Å². The number of nitrogens with one attached hydrogen (secondary N) is 1. The van der Waals surface area contributed by atoms with E-state index in [9.17, 15) is 0 Å². The highest BCUT2D eigenvalue weighted by atomic mass is 35.5. The molecular weight excluding hydrogens is 297 g/mol. The minimum Gasteiger partial charge on any atom is -0.492 e. The van der Waals surface area contributed by atoms with E-state index in [1.165, 1.54) is 0 Å². The summed E-state index contributed by atoms with van der Waals surface area (Å²) in [5.41, 5.74) is 2.47. The lowest BCUT2D eigenvalue weighted by molar-refractivity contribution is 0.340. The fourth-order valence-corrected chi connectivity index (χ4v) is 2.75. The van der Waals surface area contributed by atoms with Gasteiger partial charge in [0, 0.05) is 5.56 Å². The topological polar surface area (TPSA) is 50.8 Å². The van der Waals surface area contributed by atoms with E-state index >= 15 is 0 Å². The number of hydrogen-bond acceptors (Lipinski definition) is 3. The van der Waals surface area contributed by atoms with Gasteiger partial charge in [0.25, 0.3) is 0 Å². The van der Waals surface area contributed by atoms with E-state index in [4.69, 9.17) is 27.9 Å². The number of ether oxygens (including phenoxy) is 1. The van der Waals surface area contributed by atoms with Gasteiger partial charge in [-0.15, -0.1) is 0 Å². The molecule has 1 aromatic carbocycles. The van der Waals surface area contributed by atoms with Crippen LogP contribution in [0.5, 0.6) is 5.75 Å². The number of pyridine rings is 1. The molecule has 0 saturated heterocycles. The van der Waals surface area contributed by atoms with Crippen LogP contribution in [0.2, 0.25) is 10.2 Å². The third-order valence-corrected chi connectivity index (χ3v) is 4.11. The van der Waals surface area contributed by atoms with Crippen LogP contribution in [0, 0.1) is 0 Å². The van der Waals surface area contributed by atoms with Crippen molar-refractivity contribution < 1.29 is 4.74 Å². The zero-order valence-corrected chi connectivity index (χ0v) is 11.7. The molecule has 2 aromatic heterocycles. The lowest BCUT2D eigenvalue weighted by Crippen LogP contribution is -2.04. The summed E-state index contributed by atoms with van der Waals surface area (Å²) < 4.78 is 5.68. The van der Waals surface area contributed by atoms with Crippen LogP contribution in [-0.4, -0.2) is 21.6 Å². The van der Waals surface area contributed by atoms with E-state index in [-0.39, 0.29) is 11.1 Å². The number of hydrogen-bond donors (Lipinski definition) is 1. The van der Waals surface area contributed by atoms with E-state index in [0.29, 0.717) is 17.3 Å². The van der Waals surface area contributed by atoms with E-state index in [1.54, 1.807) is 6.07 Å². The van der Waals surface area contributed by atoms with Gasteiger partial charge in [0.1, 0.15) is 23.3 Å². The number of rotatable bonds is 1. The first-order chi connectivity index (χ1) is 9.72. The first-order valence-corrected chi connectivity index (χ1v) is 6.91. The molecule has 1 atom stereocenters. The van der Waals surface area contributed by atoms with Crippen LogP contribution < -0.4 is 4.74 Å². The Morgan fingerprint density at radius 1 is 1.20 bits per heavy atom. The standard InChI is InChI=1S/C14H9Cl2N3O/c15-9-5-10-14(18-12(9)16)19-13(17-10)8-6-20-11-4-2-1-3-7(8)11/h1-5,8H,6H2,(H,17,18,19). The van der Waals surface area contributed by atoms with E-state index in [1.807, 2.05) is 24.3 Å². The van der Waals surface area contributed by atoms with Crippen LogP contribution in [0.3, 0.4) is 0 Å². The highest BCUT2D eigenvalue weighted by Crippen LogP contribution is 2.37. The largest absolute Gasteiger partial charge is 0.492 e. The van der Waals surface area contributed by atoms with Gasteiger partial charge in [0.2, 0.25) is 0 Å². The van der Waals surface area contributed by atoms with E-state index in [2.05, 4.69) is 15.0 Å². The van der Waals surface area contributed by atoms with Crippen LogP contribution >= 0.6 is 23.2 Å². The Balaban J connectivity index is 1.84.